The molecule has 2 aliphatic heterocycles. The van der Waals surface area contributed by atoms with Crippen molar-refractivity contribution in [2.45, 2.75) is 24.0 Å². The van der Waals surface area contributed by atoms with Crippen LogP contribution in [0.3, 0.4) is 0 Å². The normalized spacial score (nSPS) is 19.0. The molecule has 0 spiro atoms. The number of rotatable bonds is 6. The van der Waals surface area contributed by atoms with Crippen molar-refractivity contribution >= 4 is 12.2 Å². The van der Waals surface area contributed by atoms with Gasteiger partial charge in [-0.25, -0.2) is 0 Å². The molecule has 0 fully saturated rings. The minimum absolute atomic E-state index is 0.00158. The molecule has 0 aliphatic carbocycles. The molecule has 6 aromatic rings. The van der Waals surface area contributed by atoms with Crippen LogP contribution in [0.25, 0.3) is 12.2 Å². The fourth-order valence-electron chi connectivity index (χ4n) is 7.24. The van der Waals surface area contributed by atoms with Gasteiger partial charge in [-0.1, -0.05) is 48.6 Å². The maximum absolute atomic E-state index is 11.9. The molecule has 0 radical (unpaired) electrons. The van der Waals surface area contributed by atoms with E-state index in [1.54, 1.807) is 91.0 Å². The summed E-state index contributed by atoms with van der Waals surface area (Å²) in [6.45, 7) is 0. The summed E-state index contributed by atoms with van der Waals surface area (Å²) < 4.78 is 13.2. The van der Waals surface area contributed by atoms with E-state index in [1.807, 2.05) is 18.2 Å². The monoisotopic (exact) mass is 680 g/mol. The van der Waals surface area contributed by atoms with Crippen LogP contribution < -0.4 is 9.47 Å². The Balaban J connectivity index is 1.29. The first-order valence-electron chi connectivity index (χ1n) is 16.3. The predicted molar refractivity (Wildman–Crippen MR) is 190 cm³/mol. The Labute approximate surface area is 292 Å². The first-order chi connectivity index (χ1) is 24.6. The molecule has 0 bridgehead atoms. The molecule has 0 amide bonds. The van der Waals surface area contributed by atoms with Gasteiger partial charge in [0, 0.05) is 23.3 Å². The molecule has 0 aromatic heterocycles. The van der Waals surface area contributed by atoms with Gasteiger partial charge >= 0.3 is 0 Å². The minimum atomic E-state index is -0.691. The summed E-state index contributed by atoms with van der Waals surface area (Å²) >= 11 is 0. The first-order valence-corrected chi connectivity index (χ1v) is 16.3. The molecule has 2 aliphatic rings. The van der Waals surface area contributed by atoms with Crippen LogP contribution in [0.15, 0.2) is 115 Å². The zero-order valence-corrected chi connectivity index (χ0v) is 26.9. The molecule has 9 nitrogen and oxygen atoms in total. The summed E-state index contributed by atoms with van der Waals surface area (Å²) in [6, 6.07) is 30.9. The third-order valence-corrected chi connectivity index (χ3v) is 9.47. The predicted octanol–water partition coefficient (Wildman–Crippen LogP) is 8.33. The molecular formula is C42H32O9. The van der Waals surface area contributed by atoms with Gasteiger partial charge in [0.2, 0.25) is 0 Å². The van der Waals surface area contributed by atoms with Gasteiger partial charge in [-0.2, -0.15) is 0 Å². The third kappa shape index (κ3) is 5.84. The van der Waals surface area contributed by atoms with E-state index >= 15 is 0 Å². The van der Waals surface area contributed by atoms with E-state index in [9.17, 15) is 35.7 Å². The highest BCUT2D eigenvalue weighted by Crippen LogP contribution is 2.58. The van der Waals surface area contributed by atoms with Crippen LogP contribution in [0.1, 0.15) is 68.6 Å². The average Bonchev–Trinajstić information content (AvgIpc) is 3.68. The van der Waals surface area contributed by atoms with Gasteiger partial charge in [0.1, 0.15) is 64.0 Å². The maximum Gasteiger partial charge on any atom is 0.135 e. The average molecular weight is 681 g/mol. The Morgan fingerprint density at radius 2 is 0.863 bits per heavy atom. The smallest absolute Gasteiger partial charge is 0.135 e. The van der Waals surface area contributed by atoms with Crippen LogP contribution >= 0.6 is 0 Å². The van der Waals surface area contributed by atoms with Gasteiger partial charge in [-0.15, -0.1) is 0 Å². The van der Waals surface area contributed by atoms with Crippen molar-refractivity contribution in [3.63, 3.8) is 0 Å². The summed E-state index contributed by atoms with van der Waals surface area (Å²) in [5.74, 6) is -0.400. The molecular weight excluding hydrogens is 648 g/mol. The fraction of sp³-hybridized carbons (Fsp3) is 0.0952. The largest absolute Gasteiger partial charge is 0.508 e. The van der Waals surface area contributed by atoms with Gasteiger partial charge < -0.3 is 45.2 Å². The number of hydrogen-bond acceptors (Lipinski definition) is 9. The van der Waals surface area contributed by atoms with Crippen LogP contribution in [0.5, 0.6) is 51.7 Å². The van der Waals surface area contributed by atoms with Gasteiger partial charge in [-0.05, 0) is 100 Å². The van der Waals surface area contributed by atoms with Crippen LogP contribution in [-0.2, 0) is 0 Å². The zero-order valence-electron chi connectivity index (χ0n) is 26.9. The summed E-state index contributed by atoms with van der Waals surface area (Å²) in [5.41, 5.74) is 5.31. The number of hydrogen-bond donors (Lipinski definition) is 7. The quantitative estimate of drug-likeness (QED) is 0.0858. The lowest BCUT2D eigenvalue weighted by atomic mass is 9.80. The lowest BCUT2D eigenvalue weighted by molar-refractivity contribution is 0.218. The van der Waals surface area contributed by atoms with E-state index in [4.69, 9.17) is 9.47 Å². The number of ether oxygens (including phenoxy) is 2. The number of phenolic OH excluding ortho intramolecular Hbond substituents is 7. The second-order valence-corrected chi connectivity index (χ2v) is 12.8. The molecule has 254 valence electrons. The topological polar surface area (TPSA) is 160 Å². The summed E-state index contributed by atoms with van der Waals surface area (Å²) in [5, 5.41) is 73.3. The highest BCUT2D eigenvalue weighted by molar-refractivity contribution is 5.76. The van der Waals surface area contributed by atoms with Gasteiger partial charge in [0.25, 0.3) is 0 Å². The fourth-order valence-corrected chi connectivity index (χ4v) is 7.24. The van der Waals surface area contributed by atoms with Crippen molar-refractivity contribution in [1.82, 2.24) is 0 Å². The van der Waals surface area contributed by atoms with Crippen molar-refractivity contribution < 1.29 is 45.2 Å². The Kier molecular flexibility index (Phi) is 7.60. The highest BCUT2D eigenvalue weighted by atomic mass is 16.5. The van der Waals surface area contributed by atoms with Gasteiger partial charge in [0.05, 0.1) is 11.8 Å². The molecule has 7 N–H and O–H groups in total. The van der Waals surface area contributed by atoms with Gasteiger partial charge in [0.15, 0.2) is 0 Å². The molecule has 6 aromatic carbocycles. The van der Waals surface area contributed by atoms with Crippen molar-refractivity contribution in [2.75, 3.05) is 0 Å². The van der Waals surface area contributed by atoms with Crippen LogP contribution in [-0.4, -0.2) is 35.7 Å². The van der Waals surface area contributed by atoms with Crippen LogP contribution in [0.4, 0.5) is 0 Å². The van der Waals surface area contributed by atoms with Crippen molar-refractivity contribution in [2.24, 2.45) is 0 Å². The highest BCUT2D eigenvalue weighted by Gasteiger charge is 2.43. The molecule has 0 saturated carbocycles. The second-order valence-electron chi connectivity index (χ2n) is 12.8. The molecule has 0 saturated heterocycles. The summed E-state index contributed by atoms with van der Waals surface area (Å²) in [7, 11) is 0. The van der Waals surface area contributed by atoms with Gasteiger partial charge in [-0.3, -0.25) is 0 Å². The van der Waals surface area contributed by atoms with E-state index in [0.29, 0.717) is 39.3 Å². The molecule has 4 atom stereocenters. The molecule has 2 heterocycles. The Bertz CT molecular complexity index is 2270. The first kappa shape index (κ1) is 31.5. The lowest BCUT2D eigenvalue weighted by Gasteiger charge is -2.22. The Hall–Kier alpha value is -6.74. The van der Waals surface area contributed by atoms with E-state index in [1.165, 1.54) is 18.2 Å². The third-order valence-electron chi connectivity index (χ3n) is 9.47. The van der Waals surface area contributed by atoms with E-state index in [2.05, 4.69) is 0 Å². The minimum Gasteiger partial charge on any atom is -0.508 e. The number of phenols is 7. The number of benzene rings is 6. The molecule has 8 rings (SSSR count). The van der Waals surface area contributed by atoms with Crippen LogP contribution in [0.2, 0.25) is 0 Å². The molecule has 9 heteroatoms. The second kappa shape index (κ2) is 12.3. The standard InChI is InChI=1S/C42H32O9/c43-28-9-2-22(3-10-28)1-4-25-15-33(48)21-36-37(25)38(41(51-36)23-5-11-29(44)12-6-23)27-18-34(49)40-35(19-27)50-42(24-7-13-30(45)14-8-24)39(40)26-16-31(46)20-32(47)17-26/h1-21,38-39,41-49H/b4-1-/t38-,39-,41+,42-/m0/s1. The number of fused-ring (bicyclic) bond motifs is 2. The summed E-state index contributed by atoms with van der Waals surface area (Å²) in [4.78, 5) is 0. The SMILES string of the molecule is Oc1ccc(/C=C\c2cc(O)cc3c2[C@H](c2cc(O)c4c(c2)O[C@@H](c2ccc(O)cc2)[C@H]4c2cc(O)cc(O)c2)[C@@H](c2ccc(O)cc2)O3)cc1. The van der Waals surface area contributed by atoms with Crippen molar-refractivity contribution in [3.05, 3.63) is 160 Å². The van der Waals surface area contributed by atoms with E-state index < -0.39 is 24.0 Å². The van der Waals surface area contributed by atoms with Crippen molar-refractivity contribution in [1.29, 1.82) is 0 Å². The zero-order chi connectivity index (χ0) is 35.4. The Morgan fingerprint density at radius 1 is 0.392 bits per heavy atom. The Morgan fingerprint density at radius 3 is 1.43 bits per heavy atom. The molecule has 0 unspecified atom stereocenters. The van der Waals surface area contributed by atoms with Crippen molar-refractivity contribution in [3.8, 4) is 51.7 Å². The van der Waals surface area contributed by atoms with E-state index in [0.717, 1.165) is 16.7 Å². The molecule has 51 heavy (non-hydrogen) atoms. The maximum atomic E-state index is 11.9. The van der Waals surface area contributed by atoms with Crippen LogP contribution in [0, 0.1) is 0 Å². The lowest BCUT2D eigenvalue weighted by Crippen LogP contribution is -2.12. The number of aromatic hydroxyl groups is 7. The van der Waals surface area contributed by atoms with E-state index in [-0.39, 0.29) is 40.2 Å². The summed E-state index contributed by atoms with van der Waals surface area (Å²) in [6.07, 6.45) is 2.40.